The van der Waals surface area contributed by atoms with E-state index in [1.807, 2.05) is 0 Å². The fourth-order valence-electron chi connectivity index (χ4n) is 11.3. The molecule has 0 aromatic rings. The van der Waals surface area contributed by atoms with Gasteiger partial charge in [0.15, 0.2) is 12.6 Å². The highest BCUT2D eigenvalue weighted by atomic mass is 16.8. The zero-order valence-corrected chi connectivity index (χ0v) is 28.3. The van der Waals surface area contributed by atoms with Crippen LogP contribution in [0, 0.1) is 34.5 Å². The Morgan fingerprint density at radius 2 is 1.47 bits per heavy atom. The highest BCUT2D eigenvalue weighted by molar-refractivity contribution is 5.85. The molecule has 0 spiro atoms. The van der Waals surface area contributed by atoms with Crippen LogP contribution in [-0.2, 0) is 28.5 Å². The van der Waals surface area contributed by atoms with Gasteiger partial charge >= 0.3 is 5.97 Å². The first kappa shape index (κ1) is 36.1. The second-order valence-electron chi connectivity index (χ2n) is 16.3. The van der Waals surface area contributed by atoms with Crippen LogP contribution in [-0.4, -0.2) is 140 Å². The van der Waals surface area contributed by atoms with Gasteiger partial charge in [-0.1, -0.05) is 13.8 Å². The Hall–Kier alpha value is -1.27. The van der Waals surface area contributed by atoms with Crippen LogP contribution >= 0.6 is 0 Å². The maximum Gasteiger partial charge on any atom is 0.331 e. The number of carbonyl (C=O) groups excluding carboxylic acids is 1. The van der Waals surface area contributed by atoms with Crippen molar-refractivity contribution >= 4 is 5.97 Å². The van der Waals surface area contributed by atoms with Gasteiger partial charge in [0.2, 0.25) is 0 Å². The predicted octanol–water partition coefficient (Wildman–Crippen LogP) is -0.747. The molecule has 0 unspecified atom stereocenters. The van der Waals surface area contributed by atoms with E-state index in [2.05, 4.69) is 13.8 Å². The summed E-state index contributed by atoms with van der Waals surface area (Å²) in [5.41, 5.74) is -0.165. The van der Waals surface area contributed by atoms with Crippen LogP contribution in [0.15, 0.2) is 11.6 Å². The van der Waals surface area contributed by atoms with E-state index in [-0.39, 0.29) is 34.7 Å². The van der Waals surface area contributed by atoms with Crippen molar-refractivity contribution in [2.75, 3.05) is 19.8 Å². The third-order valence-corrected chi connectivity index (χ3v) is 14.2. The molecule has 0 radical (unpaired) electrons. The second-order valence-corrected chi connectivity index (χ2v) is 16.3. The number of esters is 1. The van der Waals surface area contributed by atoms with Gasteiger partial charge in [0.05, 0.1) is 24.9 Å². The van der Waals surface area contributed by atoms with Crippen LogP contribution in [0.1, 0.15) is 71.6 Å². The first-order chi connectivity index (χ1) is 23.3. The Labute approximate surface area is 285 Å². The van der Waals surface area contributed by atoms with Gasteiger partial charge in [-0.05, 0) is 92.4 Å². The standard InChI is InChI=1S/C35H54O14/c1-33-8-5-18(46-32-30(28(42)26(40)23(14-37)48-32)49-31-29(43)27(41)25(39)22(13-36)47-31)12-17(33)3-4-21-20(33)6-9-34(2)19(7-10-35(21,34)44)16-11-24(38)45-15-16/h11,17-23,25-32,36-37,39-44H,3-10,12-15H2,1-2H3/t17-,18+,19-,20+,21-,22-,23-,25-,26-,27+,28+,29-,30-,31+,32-,33+,34-,35+/m1/s1. The lowest BCUT2D eigenvalue weighted by atomic mass is 9.43. The molecule has 3 heterocycles. The molecular formula is C35H54O14. The zero-order valence-electron chi connectivity index (χ0n) is 28.3. The summed E-state index contributed by atoms with van der Waals surface area (Å²) in [6.07, 6.45) is -6.20. The van der Waals surface area contributed by atoms with Gasteiger partial charge in [0.25, 0.3) is 0 Å². The fraction of sp³-hybridized carbons (Fsp3) is 0.914. The Balaban J connectivity index is 1.05. The number of fused-ring (bicyclic) bond motifs is 5. The number of carbonyl (C=O) groups is 1. The second kappa shape index (κ2) is 13.3. The largest absolute Gasteiger partial charge is 0.458 e. The third-order valence-electron chi connectivity index (χ3n) is 14.2. The number of hydrogen-bond acceptors (Lipinski definition) is 14. The van der Waals surface area contributed by atoms with Crippen molar-refractivity contribution in [1.82, 2.24) is 0 Å². The van der Waals surface area contributed by atoms with E-state index >= 15 is 0 Å². The van der Waals surface area contributed by atoms with Crippen molar-refractivity contribution in [3.63, 3.8) is 0 Å². The van der Waals surface area contributed by atoms with Crippen LogP contribution in [0.2, 0.25) is 0 Å². The van der Waals surface area contributed by atoms with Crippen LogP contribution in [0.4, 0.5) is 0 Å². The molecule has 3 aliphatic heterocycles. The van der Waals surface area contributed by atoms with Crippen LogP contribution in [0.3, 0.4) is 0 Å². The molecule has 6 fully saturated rings. The van der Waals surface area contributed by atoms with Crippen molar-refractivity contribution in [2.45, 2.75) is 145 Å². The SMILES string of the molecule is C[C@]12CC[C@H](O[C@@H]3O[C@H](CO)[C@@H](O)[C@H](O)[C@H]3O[C@@H]3O[C@H](CO)[C@@H](O)[C@H](O)[C@H]3O)C[C@H]1CC[C@@H]1[C@@H]2CC[C@]2(C)[C@@H](C3=CC(=O)OC3)CC[C@]12O. The van der Waals surface area contributed by atoms with Gasteiger partial charge in [-0.3, -0.25) is 0 Å². The van der Waals surface area contributed by atoms with Gasteiger partial charge in [0, 0.05) is 11.5 Å². The summed E-state index contributed by atoms with van der Waals surface area (Å²) in [7, 11) is 0. The van der Waals surface area contributed by atoms with Crippen LogP contribution < -0.4 is 0 Å². The number of cyclic esters (lactones) is 1. The molecule has 4 saturated carbocycles. The first-order valence-corrected chi connectivity index (χ1v) is 18.1. The Bertz CT molecular complexity index is 1260. The van der Waals surface area contributed by atoms with E-state index in [1.54, 1.807) is 6.08 Å². The summed E-state index contributed by atoms with van der Waals surface area (Å²) in [6.45, 7) is 3.61. The minimum absolute atomic E-state index is 0.0351. The molecule has 0 aromatic carbocycles. The number of ether oxygens (including phenoxy) is 5. The van der Waals surface area contributed by atoms with E-state index in [4.69, 9.17) is 23.7 Å². The van der Waals surface area contributed by atoms with Crippen LogP contribution in [0.25, 0.3) is 0 Å². The molecule has 7 rings (SSSR count). The van der Waals surface area contributed by atoms with Gasteiger partial charge in [-0.15, -0.1) is 0 Å². The first-order valence-electron chi connectivity index (χ1n) is 18.1. The van der Waals surface area contributed by atoms with E-state index in [0.29, 0.717) is 37.7 Å². The number of rotatable bonds is 7. The molecule has 0 amide bonds. The van der Waals surface area contributed by atoms with Crippen molar-refractivity contribution in [2.24, 2.45) is 34.5 Å². The quantitative estimate of drug-likeness (QED) is 0.121. The third kappa shape index (κ3) is 5.73. The minimum Gasteiger partial charge on any atom is -0.458 e. The van der Waals surface area contributed by atoms with E-state index in [9.17, 15) is 45.6 Å². The maximum absolute atomic E-state index is 12.5. The molecule has 7 aliphatic rings. The van der Waals surface area contributed by atoms with Crippen molar-refractivity contribution in [3.8, 4) is 0 Å². The van der Waals surface area contributed by atoms with Crippen LogP contribution in [0.5, 0.6) is 0 Å². The molecule has 49 heavy (non-hydrogen) atoms. The lowest BCUT2D eigenvalue weighted by Crippen LogP contribution is -2.65. The summed E-state index contributed by atoms with van der Waals surface area (Å²) < 4.78 is 29.0. The molecule has 0 bridgehead atoms. The van der Waals surface area contributed by atoms with Crippen molar-refractivity contribution in [3.05, 3.63) is 11.6 Å². The minimum atomic E-state index is -1.74. The maximum atomic E-state index is 12.5. The normalized spacial score (nSPS) is 54.4. The van der Waals surface area contributed by atoms with Gasteiger partial charge in [-0.2, -0.15) is 0 Å². The summed E-state index contributed by atoms with van der Waals surface area (Å²) in [6, 6.07) is 0. The molecule has 2 saturated heterocycles. The predicted molar refractivity (Wildman–Crippen MR) is 167 cm³/mol. The molecule has 14 heteroatoms. The summed E-state index contributed by atoms with van der Waals surface area (Å²) in [4.78, 5) is 11.9. The Morgan fingerprint density at radius 1 is 0.776 bits per heavy atom. The van der Waals surface area contributed by atoms with E-state index in [1.165, 1.54) is 0 Å². The molecule has 0 aromatic heterocycles. The Kier molecular flexibility index (Phi) is 9.80. The lowest BCUT2D eigenvalue weighted by Gasteiger charge is -2.64. The van der Waals surface area contributed by atoms with Crippen molar-refractivity contribution in [1.29, 1.82) is 0 Å². The topological polar surface area (TPSA) is 225 Å². The highest BCUT2D eigenvalue weighted by Crippen LogP contribution is 2.70. The summed E-state index contributed by atoms with van der Waals surface area (Å²) in [5, 5.41) is 84.8. The molecule has 4 aliphatic carbocycles. The average molecular weight is 699 g/mol. The Morgan fingerprint density at radius 3 is 2.14 bits per heavy atom. The average Bonchev–Trinajstić information content (AvgIpc) is 3.63. The highest BCUT2D eigenvalue weighted by Gasteiger charge is 2.68. The van der Waals surface area contributed by atoms with Gasteiger partial charge in [0.1, 0.15) is 55.4 Å². The molecule has 14 nitrogen and oxygen atoms in total. The fourth-order valence-corrected chi connectivity index (χ4v) is 11.3. The number of hydrogen-bond donors (Lipinski definition) is 8. The van der Waals surface area contributed by atoms with E-state index < -0.39 is 80.2 Å². The lowest BCUT2D eigenvalue weighted by molar-refractivity contribution is -0.373. The van der Waals surface area contributed by atoms with Gasteiger partial charge in [-0.25, -0.2) is 4.79 Å². The monoisotopic (exact) mass is 698 g/mol. The molecule has 8 N–H and O–H groups in total. The molecule has 278 valence electrons. The molecular weight excluding hydrogens is 644 g/mol. The summed E-state index contributed by atoms with van der Waals surface area (Å²) >= 11 is 0. The van der Waals surface area contributed by atoms with E-state index in [0.717, 1.165) is 44.1 Å². The number of aliphatic hydroxyl groups excluding tert-OH is 7. The molecule has 18 atom stereocenters. The summed E-state index contributed by atoms with van der Waals surface area (Å²) in [5.74, 6) is 0.596. The van der Waals surface area contributed by atoms with Crippen molar-refractivity contribution < 1.29 is 69.3 Å². The number of aliphatic hydroxyl groups is 8. The smallest absolute Gasteiger partial charge is 0.331 e. The zero-order chi connectivity index (χ0) is 35.0. The van der Waals surface area contributed by atoms with Gasteiger partial charge < -0.3 is 64.5 Å².